The second kappa shape index (κ2) is 6.52. The molecular formula is C17H24FNO3. The zero-order chi connectivity index (χ0) is 15.6. The highest BCUT2D eigenvalue weighted by Crippen LogP contribution is 2.37. The number of hydrogen-bond donors (Lipinski definition) is 1. The van der Waals surface area contributed by atoms with Crippen molar-refractivity contribution in [2.45, 2.75) is 50.5 Å². The Morgan fingerprint density at radius 2 is 1.95 bits per heavy atom. The second-order valence-corrected chi connectivity index (χ2v) is 6.13. The number of benzene rings is 1. The van der Waals surface area contributed by atoms with Crippen LogP contribution in [0.4, 0.5) is 4.39 Å². The summed E-state index contributed by atoms with van der Waals surface area (Å²) in [5, 5.41) is 3.53. The van der Waals surface area contributed by atoms with E-state index in [1.165, 1.54) is 6.07 Å². The quantitative estimate of drug-likeness (QED) is 0.927. The molecule has 1 aromatic rings. The molecule has 2 fully saturated rings. The summed E-state index contributed by atoms with van der Waals surface area (Å²) in [5.74, 6) is 0.0146. The molecule has 1 aliphatic heterocycles. The van der Waals surface area contributed by atoms with Gasteiger partial charge in [-0.1, -0.05) is 6.07 Å². The lowest BCUT2D eigenvalue weighted by Crippen LogP contribution is -2.42. The number of ether oxygens (including phenoxy) is 3. The van der Waals surface area contributed by atoms with E-state index in [0.29, 0.717) is 30.6 Å². The molecule has 0 unspecified atom stereocenters. The molecule has 0 radical (unpaired) electrons. The molecular weight excluding hydrogens is 285 g/mol. The summed E-state index contributed by atoms with van der Waals surface area (Å²) in [7, 11) is 1.57. The fourth-order valence-electron chi connectivity index (χ4n) is 3.56. The summed E-state index contributed by atoms with van der Waals surface area (Å²) >= 11 is 0. The summed E-state index contributed by atoms with van der Waals surface area (Å²) in [6.07, 6.45) is 3.74. The van der Waals surface area contributed by atoms with Crippen LogP contribution in [0.1, 0.15) is 44.2 Å². The molecule has 1 aliphatic carbocycles. The van der Waals surface area contributed by atoms with E-state index in [-0.39, 0.29) is 17.6 Å². The van der Waals surface area contributed by atoms with Gasteiger partial charge in [-0.05, 0) is 31.9 Å². The summed E-state index contributed by atoms with van der Waals surface area (Å²) in [4.78, 5) is 0. The van der Waals surface area contributed by atoms with E-state index in [1.807, 2.05) is 6.92 Å². The van der Waals surface area contributed by atoms with Gasteiger partial charge in [-0.25, -0.2) is 4.39 Å². The minimum Gasteiger partial charge on any atom is -0.496 e. The SMILES string of the molecule is COc1cccc(F)c1[C@@H](C)NC1CCC2(CC1)OCCO2. The van der Waals surface area contributed by atoms with Gasteiger partial charge >= 0.3 is 0 Å². The van der Waals surface area contributed by atoms with Gasteiger partial charge in [0.1, 0.15) is 11.6 Å². The summed E-state index contributed by atoms with van der Waals surface area (Å²) in [6, 6.07) is 5.20. The van der Waals surface area contributed by atoms with Gasteiger partial charge in [-0.3, -0.25) is 0 Å². The zero-order valence-electron chi connectivity index (χ0n) is 13.2. The Morgan fingerprint density at radius 1 is 1.27 bits per heavy atom. The lowest BCUT2D eigenvalue weighted by Gasteiger charge is -2.37. The zero-order valence-corrected chi connectivity index (χ0v) is 13.2. The number of methoxy groups -OCH3 is 1. The predicted octanol–water partition coefficient (Wildman–Crippen LogP) is 3.17. The van der Waals surface area contributed by atoms with Gasteiger partial charge in [0.05, 0.1) is 20.3 Å². The van der Waals surface area contributed by atoms with Crippen LogP contribution in [-0.4, -0.2) is 32.2 Å². The average molecular weight is 309 g/mol. The number of rotatable bonds is 4. The highest BCUT2D eigenvalue weighted by atomic mass is 19.1. The molecule has 122 valence electrons. The van der Waals surface area contributed by atoms with E-state index in [4.69, 9.17) is 14.2 Å². The number of hydrogen-bond acceptors (Lipinski definition) is 4. The van der Waals surface area contributed by atoms with E-state index in [1.54, 1.807) is 19.2 Å². The third-order valence-corrected chi connectivity index (χ3v) is 4.71. The van der Waals surface area contributed by atoms with Crippen LogP contribution in [0.15, 0.2) is 18.2 Å². The second-order valence-electron chi connectivity index (χ2n) is 6.13. The van der Waals surface area contributed by atoms with Crippen LogP contribution in [0.3, 0.4) is 0 Å². The lowest BCUT2D eigenvalue weighted by atomic mass is 9.89. The molecule has 1 spiro atoms. The third-order valence-electron chi connectivity index (χ3n) is 4.71. The summed E-state index contributed by atoms with van der Waals surface area (Å²) in [6.45, 7) is 3.37. The minimum atomic E-state index is -0.350. The number of halogens is 1. The van der Waals surface area contributed by atoms with E-state index in [9.17, 15) is 4.39 Å². The van der Waals surface area contributed by atoms with Crippen LogP contribution in [0.5, 0.6) is 5.75 Å². The van der Waals surface area contributed by atoms with Crippen molar-refractivity contribution in [2.75, 3.05) is 20.3 Å². The maximum atomic E-state index is 14.1. The van der Waals surface area contributed by atoms with Gasteiger partial charge < -0.3 is 19.5 Å². The summed E-state index contributed by atoms with van der Waals surface area (Å²) in [5.41, 5.74) is 0.596. The van der Waals surface area contributed by atoms with Crippen molar-refractivity contribution in [3.63, 3.8) is 0 Å². The molecule has 3 rings (SSSR count). The molecule has 1 saturated heterocycles. The van der Waals surface area contributed by atoms with Crippen molar-refractivity contribution in [2.24, 2.45) is 0 Å². The lowest BCUT2D eigenvalue weighted by molar-refractivity contribution is -0.179. The molecule has 5 heteroatoms. The van der Waals surface area contributed by atoms with Gasteiger partial charge in [0.15, 0.2) is 5.79 Å². The highest BCUT2D eigenvalue weighted by molar-refractivity contribution is 5.37. The molecule has 4 nitrogen and oxygen atoms in total. The Balaban J connectivity index is 1.62. The predicted molar refractivity (Wildman–Crippen MR) is 81.4 cm³/mol. The topological polar surface area (TPSA) is 39.7 Å². The van der Waals surface area contributed by atoms with Gasteiger partial charge in [0, 0.05) is 30.5 Å². The Hall–Kier alpha value is -1.17. The Labute approximate surface area is 130 Å². The molecule has 1 aromatic carbocycles. The molecule has 0 aromatic heterocycles. The van der Waals surface area contributed by atoms with Crippen LogP contribution in [0.25, 0.3) is 0 Å². The molecule has 1 N–H and O–H groups in total. The van der Waals surface area contributed by atoms with Crippen molar-refractivity contribution < 1.29 is 18.6 Å². The molecule has 2 aliphatic rings. The van der Waals surface area contributed by atoms with Crippen molar-refractivity contribution >= 4 is 0 Å². The van der Waals surface area contributed by atoms with Crippen LogP contribution in [0, 0.1) is 5.82 Å². The van der Waals surface area contributed by atoms with Gasteiger partial charge in [0.2, 0.25) is 0 Å². The first-order valence-electron chi connectivity index (χ1n) is 8.00. The maximum absolute atomic E-state index is 14.1. The maximum Gasteiger partial charge on any atom is 0.168 e. The molecule has 22 heavy (non-hydrogen) atoms. The average Bonchev–Trinajstić information content (AvgIpc) is 2.97. The smallest absolute Gasteiger partial charge is 0.168 e. The van der Waals surface area contributed by atoms with Crippen molar-refractivity contribution in [1.29, 1.82) is 0 Å². The number of nitrogens with one attached hydrogen (secondary N) is 1. The first kappa shape index (κ1) is 15.7. The Bertz CT molecular complexity index is 507. The fourth-order valence-corrected chi connectivity index (χ4v) is 3.56. The van der Waals surface area contributed by atoms with Crippen LogP contribution >= 0.6 is 0 Å². The van der Waals surface area contributed by atoms with Gasteiger partial charge in [0.25, 0.3) is 0 Å². The monoisotopic (exact) mass is 309 g/mol. The molecule has 0 bridgehead atoms. The van der Waals surface area contributed by atoms with Gasteiger partial charge in [-0.2, -0.15) is 0 Å². The Kier molecular flexibility index (Phi) is 4.66. The van der Waals surface area contributed by atoms with E-state index < -0.39 is 0 Å². The Morgan fingerprint density at radius 3 is 2.59 bits per heavy atom. The first-order chi connectivity index (χ1) is 10.6. The normalized spacial score (nSPS) is 22.9. The first-order valence-corrected chi connectivity index (χ1v) is 8.00. The van der Waals surface area contributed by atoms with Crippen LogP contribution in [0.2, 0.25) is 0 Å². The highest BCUT2D eigenvalue weighted by Gasteiger charge is 2.40. The van der Waals surface area contributed by atoms with E-state index in [2.05, 4.69) is 5.32 Å². The summed E-state index contributed by atoms with van der Waals surface area (Å²) < 4.78 is 30.9. The van der Waals surface area contributed by atoms with Crippen LogP contribution < -0.4 is 10.1 Å². The van der Waals surface area contributed by atoms with Gasteiger partial charge in [-0.15, -0.1) is 0 Å². The molecule has 1 saturated carbocycles. The van der Waals surface area contributed by atoms with Crippen LogP contribution in [-0.2, 0) is 9.47 Å². The minimum absolute atomic E-state index is 0.0967. The standard InChI is InChI=1S/C17H24FNO3/c1-12(16-14(18)4-3-5-15(16)20-2)19-13-6-8-17(9-7-13)21-10-11-22-17/h3-5,12-13,19H,6-11H2,1-2H3/t12-/m1/s1. The fraction of sp³-hybridized carbons (Fsp3) is 0.647. The molecule has 1 heterocycles. The third kappa shape index (κ3) is 3.12. The van der Waals surface area contributed by atoms with E-state index in [0.717, 1.165) is 25.7 Å². The van der Waals surface area contributed by atoms with Crippen molar-refractivity contribution in [3.8, 4) is 5.75 Å². The van der Waals surface area contributed by atoms with Crippen molar-refractivity contribution in [1.82, 2.24) is 5.32 Å². The van der Waals surface area contributed by atoms with Crippen molar-refractivity contribution in [3.05, 3.63) is 29.6 Å². The van der Waals surface area contributed by atoms with E-state index >= 15 is 0 Å². The largest absolute Gasteiger partial charge is 0.496 e. The molecule has 1 atom stereocenters. The molecule has 0 amide bonds.